The quantitative estimate of drug-likeness (QED) is 0.353. The minimum absolute atomic E-state index is 0.213. The Labute approximate surface area is 212 Å². The van der Waals surface area contributed by atoms with Crippen LogP contribution in [0.4, 0.5) is 0 Å². The van der Waals surface area contributed by atoms with Crippen molar-refractivity contribution in [3.63, 3.8) is 0 Å². The molecule has 2 amide bonds. The molecule has 0 aromatic heterocycles. The maximum absolute atomic E-state index is 11.6. The molecular formula is C24H34Cl2N4O4. The van der Waals surface area contributed by atoms with Gasteiger partial charge in [0.15, 0.2) is 0 Å². The molecule has 0 atom stereocenters. The van der Waals surface area contributed by atoms with Crippen LogP contribution in [0.5, 0.6) is 0 Å². The summed E-state index contributed by atoms with van der Waals surface area (Å²) >= 11 is 11.5. The molecule has 0 saturated heterocycles. The minimum Gasteiger partial charge on any atom is -0.369 e. The summed E-state index contributed by atoms with van der Waals surface area (Å²) in [5.74, 6) is -0.669. The van der Waals surface area contributed by atoms with E-state index in [2.05, 4.69) is 4.99 Å². The predicted octanol–water partition coefficient (Wildman–Crippen LogP) is 4.25. The molecule has 10 heteroatoms. The molecule has 0 radical (unpaired) electrons. The molecule has 2 rings (SSSR count). The third-order valence-electron chi connectivity index (χ3n) is 4.10. The number of hydrogen-bond donors (Lipinski definition) is 1. The molecule has 0 fully saturated rings. The Balaban J connectivity index is 0.000000507. The summed E-state index contributed by atoms with van der Waals surface area (Å²) in [4.78, 5) is 29.7. The SMILES string of the molecule is COC(OC)N(C)C.Cc1cc(Cl)ccc1C(=O)N=CN(C)C.Cc1cc(Cl)ccc1C(N)=O. The van der Waals surface area contributed by atoms with Crippen molar-refractivity contribution in [3.05, 3.63) is 68.7 Å². The lowest BCUT2D eigenvalue weighted by molar-refractivity contribution is -0.179. The fourth-order valence-electron chi connectivity index (χ4n) is 2.53. The molecule has 0 bridgehead atoms. The van der Waals surface area contributed by atoms with Gasteiger partial charge in [0, 0.05) is 49.5 Å². The smallest absolute Gasteiger partial charge is 0.278 e. The number of carbonyl (C=O) groups is 2. The molecule has 0 saturated carbocycles. The Morgan fingerprint density at radius 2 is 1.35 bits per heavy atom. The number of halogens is 2. The molecule has 34 heavy (non-hydrogen) atoms. The number of aryl methyl sites for hydroxylation is 2. The second-order valence-electron chi connectivity index (χ2n) is 7.54. The molecule has 0 aliphatic heterocycles. The fourth-order valence-corrected chi connectivity index (χ4v) is 2.98. The highest BCUT2D eigenvalue weighted by Crippen LogP contribution is 2.16. The van der Waals surface area contributed by atoms with Gasteiger partial charge in [-0.3, -0.25) is 14.5 Å². The number of ether oxygens (including phenoxy) is 2. The molecule has 0 aliphatic carbocycles. The third kappa shape index (κ3) is 12.1. The van der Waals surface area contributed by atoms with E-state index in [1.807, 2.05) is 40.0 Å². The Morgan fingerprint density at radius 1 is 0.912 bits per heavy atom. The van der Waals surface area contributed by atoms with Crippen LogP contribution >= 0.6 is 23.2 Å². The average molecular weight is 513 g/mol. The number of benzene rings is 2. The minimum atomic E-state index is -0.417. The van der Waals surface area contributed by atoms with Gasteiger partial charge in [0.1, 0.15) is 0 Å². The molecule has 0 spiro atoms. The van der Waals surface area contributed by atoms with Gasteiger partial charge < -0.3 is 20.1 Å². The van der Waals surface area contributed by atoms with E-state index in [4.69, 9.17) is 38.4 Å². The summed E-state index contributed by atoms with van der Waals surface area (Å²) in [6.45, 7) is 3.64. The number of hydrogen-bond acceptors (Lipinski definition) is 5. The molecule has 2 aromatic rings. The van der Waals surface area contributed by atoms with Crippen molar-refractivity contribution in [3.8, 4) is 0 Å². The van der Waals surface area contributed by atoms with Crippen molar-refractivity contribution < 1.29 is 19.1 Å². The van der Waals surface area contributed by atoms with Crippen LogP contribution in [0.25, 0.3) is 0 Å². The summed E-state index contributed by atoms with van der Waals surface area (Å²) < 4.78 is 9.73. The van der Waals surface area contributed by atoms with Crippen LogP contribution in [-0.2, 0) is 9.47 Å². The lowest BCUT2D eigenvalue weighted by atomic mass is 10.1. The van der Waals surface area contributed by atoms with Crippen molar-refractivity contribution in [2.24, 2.45) is 10.7 Å². The van der Waals surface area contributed by atoms with Crippen LogP contribution in [0, 0.1) is 13.8 Å². The zero-order chi connectivity index (χ0) is 26.4. The Hall–Kier alpha value is -2.49. The highest BCUT2D eigenvalue weighted by molar-refractivity contribution is 6.31. The normalized spacial score (nSPS) is 10.5. The van der Waals surface area contributed by atoms with Gasteiger partial charge in [-0.25, -0.2) is 0 Å². The second kappa shape index (κ2) is 16.2. The van der Waals surface area contributed by atoms with Gasteiger partial charge in [-0.15, -0.1) is 0 Å². The number of methoxy groups -OCH3 is 2. The van der Waals surface area contributed by atoms with E-state index < -0.39 is 5.91 Å². The summed E-state index contributed by atoms with van der Waals surface area (Å²) in [5, 5.41) is 1.24. The average Bonchev–Trinajstić information content (AvgIpc) is 2.73. The number of nitrogens with zero attached hydrogens (tertiary/aromatic N) is 3. The van der Waals surface area contributed by atoms with E-state index in [-0.39, 0.29) is 12.3 Å². The molecule has 2 aromatic carbocycles. The van der Waals surface area contributed by atoms with E-state index in [9.17, 15) is 9.59 Å². The van der Waals surface area contributed by atoms with Crippen molar-refractivity contribution >= 4 is 41.4 Å². The molecule has 2 N–H and O–H groups in total. The number of primary amides is 1. The molecule has 188 valence electrons. The zero-order valence-electron chi connectivity index (χ0n) is 20.9. The van der Waals surface area contributed by atoms with Gasteiger partial charge in [-0.1, -0.05) is 23.2 Å². The summed E-state index contributed by atoms with van der Waals surface area (Å²) in [6.07, 6.45) is 1.27. The van der Waals surface area contributed by atoms with Crippen LogP contribution in [0.2, 0.25) is 10.0 Å². The summed E-state index contributed by atoms with van der Waals surface area (Å²) in [7, 11) is 10.6. The van der Waals surface area contributed by atoms with E-state index in [0.29, 0.717) is 21.2 Å². The summed E-state index contributed by atoms with van der Waals surface area (Å²) in [6, 6.07) is 10.1. The zero-order valence-corrected chi connectivity index (χ0v) is 22.4. The second-order valence-corrected chi connectivity index (χ2v) is 8.41. The number of carbonyl (C=O) groups excluding carboxylic acids is 2. The molecule has 0 aliphatic rings. The van der Waals surface area contributed by atoms with Crippen LogP contribution < -0.4 is 5.73 Å². The molecule has 0 heterocycles. The van der Waals surface area contributed by atoms with E-state index >= 15 is 0 Å². The van der Waals surface area contributed by atoms with Crippen LogP contribution in [0.3, 0.4) is 0 Å². The van der Waals surface area contributed by atoms with Gasteiger partial charge in [-0.05, 0) is 75.5 Å². The predicted molar refractivity (Wildman–Crippen MR) is 139 cm³/mol. The molecular weight excluding hydrogens is 479 g/mol. The van der Waals surface area contributed by atoms with E-state index in [1.165, 1.54) is 6.34 Å². The van der Waals surface area contributed by atoms with E-state index in [1.54, 1.807) is 62.4 Å². The van der Waals surface area contributed by atoms with Crippen LogP contribution in [0.15, 0.2) is 41.4 Å². The number of nitrogens with two attached hydrogens (primary N) is 1. The van der Waals surface area contributed by atoms with Crippen molar-refractivity contribution in [1.82, 2.24) is 9.80 Å². The van der Waals surface area contributed by atoms with Crippen molar-refractivity contribution in [2.75, 3.05) is 42.4 Å². The largest absolute Gasteiger partial charge is 0.369 e. The van der Waals surface area contributed by atoms with Gasteiger partial charge in [0.05, 0.1) is 6.34 Å². The van der Waals surface area contributed by atoms with Gasteiger partial charge in [0.25, 0.3) is 5.91 Å². The maximum Gasteiger partial charge on any atom is 0.278 e. The first-order valence-corrected chi connectivity index (χ1v) is 10.9. The fraction of sp³-hybridized carbons (Fsp3) is 0.375. The van der Waals surface area contributed by atoms with Gasteiger partial charge >= 0.3 is 0 Å². The number of amides is 2. The first-order chi connectivity index (χ1) is 15.8. The summed E-state index contributed by atoms with van der Waals surface area (Å²) in [5.41, 5.74) is 7.83. The highest BCUT2D eigenvalue weighted by Gasteiger charge is 2.07. The molecule has 0 unspecified atom stereocenters. The Morgan fingerprint density at radius 3 is 1.65 bits per heavy atom. The standard InChI is InChI=1S/C11H13ClN2O.C8H8ClNO.C5H13NO2/c1-8-6-9(12)4-5-10(8)11(15)13-7-14(2)3;1-5-4-6(9)2-3-7(5)8(10)11;1-6(2)5(7-3)8-4/h4-7H,1-3H3;2-4H,1H3,(H2,10,11);5H,1-4H3. The lowest BCUT2D eigenvalue weighted by Crippen LogP contribution is -2.30. The van der Waals surface area contributed by atoms with Crippen molar-refractivity contribution in [2.45, 2.75) is 20.3 Å². The van der Waals surface area contributed by atoms with Crippen LogP contribution in [-0.4, -0.2) is 76.8 Å². The van der Waals surface area contributed by atoms with Gasteiger partial charge in [0.2, 0.25) is 12.3 Å². The topological polar surface area (TPSA) is 97.5 Å². The lowest BCUT2D eigenvalue weighted by Gasteiger charge is -2.19. The van der Waals surface area contributed by atoms with E-state index in [0.717, 1.165) is 11.1 Å². The number of aliphatic imine (C=N–C) groups is 1. The highest BCUT2D eigenvalue weighted by atomic mass is 35.5. The maximum atomic E-state index is 11.6. The Kier molecular flexibility index (Phi) is 15.0. The molecule has 8 nitrogen and oxygen atoms in total. The number of rotatable bonds is 6. The third-order valence-corrected chi connectivity index (χ3v) is 4.57. The van der Waals surface area contributed by atoms with Crippen LogP contribution in [0.1, 0.15) is 31.8 Å². The Bertz CT molecular complexity index is 962. The first-order valence-electron chi connectivity index (χ1n) is 10.1. The first kappa shape index (κ1) is 31.5. The van der Waals surface area contributed by atoms with Crippen molar-refractivity contribution in [1.29, 1.82) is 0 Å². The van der Waals surface area contributed by atoms with Gasteiger partial charge in [-0.2, -0.15) is 4.99 Å². The monoisotopic (exact) mass is 512 g/mol.